The summed E-state index contributed by atoms with van der Waals surface area (Å²) in [6.45, 7) is 2.38. The van der Waals surface area contributed by atoms with Gasteiger partial charge < -0.3 is 10.0 Å². The van der Waals surface area contributed by atoms with Gasteiger partial charge in [-0.3, -0.25) is 9.59 Å². The fourth-order valence-corrected chi connectivity index (χ4v) is 2.59. The number of hydrogen-bond donors (Lipinski definition) is 1. The molecule has 1 saturated heterocycles. The zero-order valence-electron chi connectivity index (χ0n) is 12.1. The molecule has 0 bridgehead atoms. The average Bonchev–Trinajstić information content (AvgIpc) is 3.17. The number of likely N-dealkylation sites (tertiary alicyclic amines) is 1. The monoisotopic (exact) mass is 300 g/mol. The maximum atomic E-state index is 12.5. The highest BCUT2D eigenvalue weighted by atomic mass is 16.4. The Morgan fingerprint density at radius 1 is 1.27 bits per heavy atom. The van der Waals surface area contributed by atoms with Gasteiger partial charge in [0.05, 0.1) is 11.1 Å². The number of aliphatic carboxylic acids is 1. The number of amides is 1. The molecular formula is C15H16N4O3. The second-order valence-electron chi connectivity index (χ2n) is 5.73. The van der Waals surface area contributed by atoms with Crippen LogP contribution < -0.4 is 0 Å². The summed E-state index contributed by atoms with van der Waals surface area (Å²) in [6, 6.07) is 7.01. The molecule has 0 radical (unpaired) electrons. The van der Waals surface area contributed by atoms with Crippen molar-refractivity contribution in [3.05, 3.63) is 42.5 Å². The van der Waals surface area contributed by atoms with Gasteiger partial charge in [0.2, 0.25) is 0 Å². The van der Waals surface area contributed by atoms with Crippen molar-refractivity contribution in [3.8, 4) is 5.69 Å². The van der Waals surface area contributed by atoms with E-state index >= 15 is 0 Å². The van der Waals surface area contributed by atoms with Gasteiger partial charge in [0.15, 0.2) is 0 Å². The van der Waals surface area contributed by atoms with Crippen molar-refractivity contribution in [1.82, 2.24) is 19.7 Å². The Balaban J connectivity index is 1.75. The van der Waals surface area contributed by atoms with Crippen molar-refractivity contribution in [2.24, 2.45) is 5.41 Å². The van der Waals surface area contributed by atoms with E-state index in [1.54, 1.807) is 47.1 Å². The summed E-state index contributed by atoms with van der Waals surface area (Å²) in [6.07, 6.45) is 3.50. The molecule has 7 nitrogen and oxygen atoms in total. The first-order valence-electron chi connectivity index (χ1n) is 6.97. The van der Waals surface area contributed by atoms with E-state index in [2.05, 4.69) is 10.1 Å². The fraction of sp³-hybridized carbons (Fsp3) is 0.333. The topological polar surface area (TPSA) is 88.3 Å². The van der Waals surface area contributed by atoms with Crippen LogP contribution in [0, 0.1) is 5.41 Å². The van der Waals surface area contributed by atoms with Crippen molar-refractivity contribution in [2.75, 3.05) is 13.1 Å². The Morgan fingerprint density at radius 3 is 2.55 bits per heavy atom. The second-order valence-corrected chi connectivity index (χ2v) is 5.73. The molecule has 7 heteroatoms. The molecule has 1 aliphatic rings. The van der Waals surface area contributed by atoms with Crippen LogP contribution in [0.15, 0.2) is 36.9 Å². The highest BCUT2D eigenvalue weighted by Gasteiger charge is 2.42. The molecule has 114 valence electrons. The van der Waals surface area contributed by atoms with Gasteiger partial charge in [-0.2, -0.15) is 5.10 Å². The fourth-order valence-electron chi connectivity index (χ4n) is 2.59. The Hall–Kier alpha value is -2.70. The summed E-state index contributed by atoms with van der Waals surface area (Å²) >= 11 is 0. The molecule has 0 saturated carbocycles. The number of carboxylic acids is 1. The van der Waals surface area contributed by atoms with Crippen LogP contribution in [0.5, 0.6) is 0 Å². The molecule has 0 aliphatic carbocycles. The summed E-state index contributed by atoms with van der Waals surface area (Å²) in [5.41, 5.74) is 0.500. The van der Waals surface area contributed by atoms with Crippen molar-refractivity contribution in [2.45, 2.75) is 13.3 Å². The number of hydrogen-bond acceptors (Lipinski definition) is 4. The van der Waals surface area contributed by atoms with Gasteiger partial charge in [-0.15, -0.1) is 0 Å². The standard InChI is InChI=1S/C15H16N4O3/c1-15(14(21)22)6-7-18(8-15)13(20)11-2-4-12(5-3-11)19-10-16-9-17-19/h2-5,9-10H,6-8H2,1H3,(H,21,22). The van der Waals surface area contributed by atoms with Crippen LogP contribution in [-0.2, 0) is 4.79 Å². The van der Waals surface area contributed by atoms with Crippen molar-refractivity contribution < 1.29 is 14.7 Å². The molecule has 1 fully saturated rings. The molecule has 0 spiro atoms. The third-order valence-corrected chi connectivity index (χ3v) is 4.07. The van der Waals surface area contributed by atoms with E-state index in [9.17, 15) is 14.7 Å². The second kappa shape index (κ2) is 5.25. The van der Waals surface area contributed by atoms with Crippen molar-refractivity contribution in [3.63, 3.8) is 0 Å². The van der Waals surface area contributed by atoms with Gasteiger partial charge in [0, 0.05) is 18.7 Å². The van der Waals surface area contributed by atoms with E-state index in [0.29, 0.717) is 18.5 Å². The van der Waals surface area contributed by atoms with E-state index in [4.69, 9.17) is 0 Å². The number of carbonyl (C=O) groups excluding carboxylic acids is 1. The van der Waals surface area contributed by atoms with E-state index in [1.807, 2.05) is 0 Å². The number of carboxylic acid groups (broad SMARTS) is 1. The van der Waals surface area contributed by atoms with Crippen LogP contribution in [0.3, 0.4) is 0 Å². The predicted octanol–water partition coefficient (Wildman–Crippen LogP) is 1.20. The molecule has 1 atom stereocenters. The van der Waals surface area contributed by atoms with Gasteiger partial charge in [0.25, 0.3) is 5.91 Å². The SMILES string of the molecule is CC1(C(=O)O)CCN(C(=O)c2ccc(-n3cncn3)cc2)C1. The number of carbonyl (C=O) groups is 2. The Labute approximate surface area is 127 Å². The van der Waals surface area contributed by atoms with Gasteiger partial charge in [-0.25, -0.2) is 9.67 Å². The molecule has 2 heterocycles. The number of nitrogens with zero attached hydrogens (tertiary/aromatic N) is 4. The molecule has 1 unspecified atom stereocenters. The Kier molecular flexibility index (Phi) is 3.40. The van der Waals surface area contributed by atoms with Crippen LogP contribution in [-0.4, -0.2) is 49.7 Å². The minimum Gasteiger partial charge on any atom is -0.481 e. The van der Waals surface area contributed by atoms with Gasteiger partial charge in [-0.1, -0.05) is 0 Å². The van der Waals surface area contributed by atoms with Gasteiger partial charge in [0.1, 0.15) is 12.7 Å². The zero-order chi connectivity index (χ0) is 15.7. The number of rotatable bonds is 3. The van der Waals surface area contributed by atoms with E-state index in [1.165, 1.54) is 6.33 Å². The zero-order valence-corrected chi connectivity index (χ0v) is 12.1. The lowest BCUT2D eigenvalue weighted by atomic mass is 9.90. The first-order valence-corrected chi connectivity index (χ1v) is 6.97. The highest BCUT2D eigenvalue weighted by Crippen LogP contribution is 2.31. The molecule has 2 aromatic rings. The predicted molar refractivity (Wildman–Crippen MR) is 77.6 cm³/mol. The van der Waals surface area contributed by atoms with Crippen LogP contribution in [0.2, 0.25) is 0 Å². The molecule has 1 N–H and O–H groups in total. The lowest BCUT2D eigenvalue weighted by molar-refractivity contribution is -0.147. The summed E-state index contributed by atoms with van der Waals surface area (Å²) in [5, 5.41) is 13.3. The summed E-state index contributed by atoms with van der Waals surface area (Å²) < 4.78 is 1.60. The molecule has 1 amide bonds. The summed E-state index contributed by atoms with van der Waals surface area (Å²) in [4.78, 5) is 29.2. The van der Waals surface area contributed by atoms with Gasteiger partial charge >= 0.3 is 5.97 Å². The third-order valence-electron chi connectivity index (χ3n) is 4.07. The smallest absolute Gasteiger partial charge is 0.311 e. The van der Waals surface area contributed by atoms with E-state index in [0.717, 1.165) is 5.69 Å². The first-order chi connectivity index (χ1) is 10.5. The first kappa shape index (κ1) is 14.2. The van der Waals surface area contributed by atoms with Crippen molar-refractivity contribution in [1.29, 1.82) is 0 Å². The lowest BCUT2D eigenvalue weighted by Crippen LogP contribution is -2.34. The molecule has 1 aromatic carbocycles. The molecule has 1 aromatic heterocycles. The largest absolute Gasteiger partial charge is 0.481 e. The summed E-state index contributed by atoms with van der Waals surface area (Å²) in [7, 11) is 0. The molecule has 1 aliphatic heterocycles. The van der Waals surface area contributed by atoms with Gasteiger partial charge in [-0.05, 0) is 37.6 Å². The normalized spacial score (nSPS) is 21.0. The lowest BCUT2D eigenvalue weighted by Gasteiger charge is -2.20. The summed E-state index contributed by atoms with van der Waals surface area (Å²) in [5.74, 6) is -1.00. The third kappa shape index (κ3) is 2.45. The van der Waals surface area contributed by atoms with E-state index < -0.39 is 11.4 Å². The van der Waals surface area contributed by atoms with Crippen LogP contribution in [0.4, 0.5) is 0 Å². The number of aromatic nitrogens is 3. The van der Waals surface area contributed by atoms with Crippen LogP contribution >= 0.6 is 0 Å². The average molecular weight is 300 g/mol. The highest BCUT2D eigenvalue weighted by molar-refractivity contribution is 5.95. The maximum absolute atomic E-state index is 12.5. The Bertz CT molecular complexity index is 696. The maximum Gasteiger partial charge on any atom is 0.311 e. The number of benzene rings is 1. The minimum absolute atomic E-state index is 0.143. The van der Waals surface area contributed by atoms with Crippen LogP contribution in [0.1, 0.15) is 23.7 Å². The molecule has 3 rings (SSSR count). The van der Waals surface area contributed by atoms with E-state index in [-0.39, 0.29) is 12.5 Å². The Morgan fingerprint density at radius 2 is 2.00 bits per heavy atom. The minimum atomic E-state index is -0.857. The molecule has 22 heavy (non-hydrogen) atoms. The molecular weight excluding hydrogens is 284 g/mol. The van der Waals surface area contributed by atoms with Crippen LogP contribution in [0.25, 0.3) is 5.69 Å². The van der Waals surface area contributed by atoms with Crippen molar-refractivity contribution >= 4 is 11.9 Å². The quantitative estimate of drug-likeness (QED) is 0.920.